The maximum Gasteiger partial charge on any atom is 0.274 e. The van der Waals surface area contributed by atoms with E-state index in [1.54, 1.807) is 25.1 Å². The minimum Gasteiger partial charge on any atom is -0.504 e. The van der Waals surface area contributed by atoms with Gasteiger partial charge in [-0.3, -0.25) is 15.1 Å². The van der Waals surface area contributed by atoms with Crippen molar-refractivity contribution in [1.29, 1.82) is 0 Å². The Hall–Kier alpha value is -4.20. The fraction of sp³-hybridized carbons (Fsp3) is 0.167. The number of nitrogens with zero attached hydrogens (tertiary/aromatic N) is 3. The lowest BCUT2D eigenvalue weighted by molar-refractivity contribution is -0.385. The Labute approximate surface area is 184 Å². The van der Waals surface area contributed by atoms with E-state index in [9.17, 15) is 15.2 Å². The van der Waals surface area contributed by atoms with Crippen LogP contribution in [0.3, 0.4) is 0 Å². The second-order valence-corrected chi connectivity index (χ2v) is 7.05. The molecule has 0 aliphatic carbocycles. The van der Waals surface area contributed by atoms with Gasteiger partial charge in [-0.15, -0.1) is 0 Å². The third-order valence-electron chi connectivity index (χ3n) is 4.93. The van der Waals surface area contributed by atoms with E-state index in [0.717, 1.165) is 12.0 Å². The van der Waals surface area contributed by atoms with Crippen molar-refractivity contribution in [3.8, 4) is 23.0 Å². The lowest BCUT2D eigenvalue weighted by Crippen LogP contribution is -1.97. The van der Waals surface area contributed by atoms with Gasteiger partial charge in [-0.2, -0.15) is 0 Å². The van der Waals surface area contributed by atoms with Gasteiger partial charge in [0.25, 0.3) is 5.69 Å². The van der Waals surface area contributed by atoms with Crippen LogP contribution in [0.15, 0.2) is 64.0 Å². The molecule has 162 valence electrons. The molecular weight excluding hydrogens is 410 g/mol. The second kappa shape index (κ2) is 8.89. The molecular formula is C24H21N3O5. The van der Waals surface area contributed by atoms with Gasteiger partial charge in [0, 0.05) is 23.4 Å². The van der Waals surface area contributed by atoms with Gasteiger partial charge >= 0.3 is 0 Å². The topological polar surface area (TPSA) is 111 Å². The van der Waals surface area contributed by atoms with Crippen molar-refractivity contribution in [2.75, 3.05) is 6.61 Å². The number of oxazole rings is 1. The number of non-ortho nitro benzene ring substituents is 1. The van der Waals surface area contributed by atoms with E-state index in [1.807, 2.05) is 24.3 Å². The van der Waals surface area contributed by atoms with E-state index < -0.39 is 4.92 Å². The van der Waals surface area contributed by atoms with E-state index in [0.29, 0.717) is 22.7 Å². The molecule has 0 saturated heterocycles. The van der Waals surface area contributed by atoms with Crippen LogP contribution in [-0.4, -0.2) is 27.8 Å². The fourth-order valence-corrected chi connectivity index (χ4v) is 3.23. The molecule has 0 unspecified atom stereocenters. The Morgan fingerprint density at radius 3 is 2.62 bits per heavy atom. The molecule has 0 spiro atoms. The van der Waals surface area contributed by atoms with E-state index in [4.69, 9.17) is 9.15 Å². The highest BCUT2D eigenvalue weighted by atomic mass is 16.6. The molecule has 8 nitrogen and oxygen atoms in total. The van der Waals surface area contributed by atoms with Crippen LogP contribution in [0.25, 0.3) is 22.6 Å². The molecule has 0 saturated carbocycles. The zero-order chi connectivity index (χ0) is 22.7. The maximum atomic E-state index is 11.2. The highest BCUT2D eigenvalue weighted by Crippen LogP contribution is 2.34. The Morgan fingerprint density at radius 2 is 1.94 bits per heavy atom. The van der Waals surface area contributed by atoms with Crippen LogP contribution in [0, 0.1) is 10.1 Å². The molecule has 32 heavy (non-hydrogen) atoms. The predicted octanol–water partition coefficient (Wildman–Crippen LogP) is 5.82. The molecule has 0 aliphatic rings. The molecule has 0 atom stereocenters. The van der Waals surface area contributed by atoms with E-state index in [-0.39, 0.29) is 29.4 Å². The molecule has 0 radical (unpaired) electrons. The van der Waals surface area contributed by atoms with E-state index >= 15 is 0 Å². The summed E-state index contributed by atoms with van der Waals surface area (Å²) in [5.74, 6) is 0.344. The van der Waals surface area contributed by atoms with Gasteiger partial charge in [-0.05, 0) is 49.2 Å². The molecule has 0 bridgehead atoms. The summed E-state index contributed by atoms with van der Waals surface area (Å²) >= 11 is 0. The Bertz CT molecular complexity index is 1310. The van der Waals surface area contributed by atoms with Crippen LogP contribution in [0.4, 0.5) is 11.4 Å². The number of aromatic nitrogens is 1. The first-order chi connectivity index (χ1) is 15.5. The number of nitro groups is 1. The first kappa shape index (κ1) is 21.0. The number of nitro benzene ring substituents is 1. The SMILES string of the molecule is CCOc1cc([N+](=O)[O-])cc(C=Nc2ccc3oc(-c4ccc(CC)cc4)nc3c2)c1O. The molecule has 0 fully saturated rings. The number of phenols is 1. The molecule has 0 aliphatic heterocycles. The number of phenolic OH excluding ortho intramolecular Hbond substituents is 1. The third kappa shape index (κ3) is 4.29. The normalized spacial score (nSPS) is 11.3. The Balaban J connectivity index is 1.65. The molecule has 1 N–H and O–H groups in total. The number of fused-ring (bicyclic) bond motifs is 1. The van der Waals surface area contributed by atoms with Gasteiger partial charge in [0.15, 0.2) is 17.1 Å². The summed E-state index contributed by atoms with van der Waals surface area (Å²) in [6.07, 6.45) is 2.32. The summed E-state index contributed by atoms with van der Waals surface area (Å²) in [5.41, 5.74) is 3.91. The highest BCUT2D eigenvalue weighted by molar-refractivity contribution is 5.89. The largest absolute Gasteiger partial charge is 0.504 e. The van der Waals surface area contributed by atoms with Gasteiger partial charge in [0.1, 0.15) is 5.52 Å². The average molecular weight is 431 g/mol. The molecule has 1 aromatic heterocycles. The number of rotatable bonds is 7. The summed E-state index contributed by atoms with van der Waals surface area (Å²) in [6.45, 7) is 4.09. The maximum absolute atomic E-state index is 11.2. The summed E-state index contributed by atoms with van der Waals surface area (Å²) in [6, 6.07) is 15.7. The fourth-order valence-electron chi connectivity index (χ4n) is 3.23. The molecule has 3 aromatic carbocycles. The predicted molar refractivity (Wildman–Crippen MR) is 122 cm³/mol. The van der Waals surface area contributed by atoms with Crippen molar-refractivity contribution in [2.24, 2.45) is 4.99 Å². The van der Waals surface area contributed by atoms with Crippen molar-refractivity contribution >= 4 is 28.7 Å². The molecule has 0 amide bonds. The Kier molecular flexibility index (Phi) is 5.85. The van der Waals surface area contributed by atoms with Crippen LogP contribution in [-0.2, 0) is 6.42 Å². The van der Waals surface area contributed by atoms with Gasteiger partial charge in [0.05, 0.1) is 23.3 Å². The number of aliphatic imine (C=N–C) groups is 1. The average Bonchev–Trinajstić information content (AvgIpc) is 3.23. The van der Waals surface area contributed by atoms with Crippen LogP contribution >= 0.6 is 0 Å². The summed E-state index contributed by atoms with van der Waals surface area (Å²) in [5, 5.41) is 21.6. The van der Waals surface area contributed by atoms with Gasteiger partial charge < -0.3 is 14.3 Å². The first-order valence-electron chi connectivity index (χ1n) is 10.2. The van der Waals surface area contributed by atoms with Gasteiger partial charge in [0.2, 0.25) is 5.89 Å². The monoisotopic (exact) mass is 431 g/mol. The number of aromatic hydroxyl groups is 1. The van der Waals surface area contributed by atoms with Crippen LogP contribution < -0.4 is 4.74 Å². The number of benzene rings is 3. The molecule has 1 heterocycles. The number of hydrogen-bond donors (Lipinski definition) is 1. The minimum absolute atomic E-state index is 0.0360. The minimum atomic E-state index is -0.546. The molecule has 4 aromatic rings. The summed E-state index contributed by atoms with van der Waals surface area (Å²) in [7, 11) is 0. The van der Waals surface area contributed by atoms with Crippen LogP contribution in [0.1, 0.15) is 25.0 Å². The second-order valence-electron chi connectivity index (χ2n) is 7.05. The smallest absolute Gasteiger partial charge is 0.274 e. The van der Waals surface area contributed by atoms with Crippen molar-refractivity contribution in [3.63, 3.8) is 0 Å². The van der Waals surface area contributed by atoms with Crippen molar-refractivity contribution < 1.29 is 19.2 Å². The Morgan fingerprint density at radius 1 is 1.16 bits per heavy atom. The summed E-state index contributed by atoms with van der Waals surface area (Å²) < 4.78 is 11.2. The first-order valence-corrected chi connectivity index (χ1v) is 10.2. The van der Waals surface area contributed by atoms with Gasteiger partial charge in [-0.1, -0.05) is 19.1 Å². The highest BCUT2D eigenvalue weighted by Gasteiger charge is 2.16. The molecule has 4 rings (SSSR count). The van der Waals surface area contributed by atoms with Crippen molar-refractivity contribution in [3.05, 3.63) is 75.8 Å². The number of hydrogen-bond acceptors (Lipinski definition) is 7. The zero-order valence-corrected chi connectivity index (χ0v) is 17.6. The lowest BCUT2D eigenvalue weighted by Gasteiger charge is -2.07. The van der Waals surface area contributed by atoms with Crippen molar-refractivity contribution in [2.45, 2.75) is 20.3 Å². The third-order valence-corrected chi connectivity index (χ3v) is 4.93. The standard InChI is InChI=1S/C24H21N3O5/c1-3-15-5-7-16(8-6-15)24-26-20-12-18(9-10-21(20)32-24)25-14-17-11-19(27(29)30)13-22(23(17)28)31-4-2/h5-14,28H,3-4H2,1-2H3. The molecule has 8 heteroatoms. The number of aryl methyl sites for hydroxylation is 1. The summed E-state index contributed by atoms with van der Waals surface area (Å²) in [4.78, 5) is 19.6. The van der Waals surface area contributed by atoms with E-state index in [1.165, 1.54) is 23.9 Å². The van der Waals surface area contributed by atoms with E-state index in [2.05, 4.69) is 16.9 Å². The number of ether oxygens (including phenoxy) is 1. The van der Waals surface area contributed by atoms with Crippen LogP contribution in [0.2, 0.25) is 0 Å². The van der Waals surface area contributed by atoms with Gasteiger partial charge in [-0.25, -0.2) is 4.98 Å². The quantitative estimate of drug-likeness (QED) is 0.224. The zero-order valence-electron chi connectivity index (χ0n) is 17.6. The lowest BCUT2D eigenvalue weighted by atomic mass is 10.1. The van der Waals surface area contributed by atoms with Crippen LogP contribution in [0.5, 0.6) is 11.5 Å². The van der Waals surface area contributed by atoms with Crippen molar-refractivity contribution in [1.82, 2.24) is 4.98 Å².